The van der Waals surface area contributed by atoms with E-state index in [0.717, 1.165) is 24.1 Å². The fraction of sp³-hybridized carbons (Fsp3) is 0.522. The van der Waals surface area contributed by atoms with Crippen LogP contribution in [-0.2, 0) is 25.5 Å². The Morgan fingerprint density at radius 3 is 2.77 bits per heavy atom. The van der Waals surface area contributed by atoms with E-state index in [-0.39, 0.29) is 43.8 Å². The van der Waals surface area contributed by atoms with Gasteiger partial charge in [0.1, 0.15) is 11.9 Å². The first-order valence-corrected chi connectivity index (χ1v) is 12.5. The first kappa shape index (κ1) is 26.2. The van der Waals surface area contributed by atoms with Gasteiger partial charge in [-0.3, -0.25) is 9.59 Å². The minimum Gasteiger partial charge on any atom is -0.493 e. The fourth-order valence-corrected chi connectivity index (χ4v) is 4.88. The van der Waals surface area contributed by atoms with Gasteiger partial charge in [0.05, 0.1) is 23.7 Å². The molecule has 35 heavy (non-hydrogen) atoms. The highest BCUT2D eigenvalue weighted by molar-refractivity contribution is 7.14. The van der Waals surface area contributed by atoms with Crippen molar-refractivity contribution in [2.75, 3.05) is 30.8 Å². The predicted octanol–water partition coefficient (Wildman–Crippen LogP) is 2.36. The third-order valence-corrected chi connectivity index (χ3v) is 6.69. The second kappa shape index (κ2) is 12.3. The quantitative estimate of drug-likeness (QED) is 0.315. The number of carbonyl (C=O) groups is 3. The molecule has 0 spiro atoms. The second-order valence-electron chi connectivity index (χ2n) is 8.03. The standard InChI is InChI=1S/C23H31N5O6S/c1-3-33-17(29)11-9-15(22(32)34-4-2)26-20(30)16-10-8-14(35-16)7-5-6-13-12-25-19-18(13)21(31)28-23(24)27-19/h8,10,13,15H,3-7,9,11-12H2,1-2H3,(H,26,30)(H4,24,25,27,28,31)/t13?,15-/m0/s1. The third kappa shape index (κ3) is 7.04. The lowest BCUT2D eigenvalue weighted by atomic mass is 9.97. The van der Waals surface area contributed by atoms with Crippen LogP contribution in [0.5, 0.6) is 5.88 Å². The molecule has 1 aliphatic heterocycles. The summed E-state index contributed by atoms with van der Waals surface area (Å²) in [5.74, 6) is -0.801. The van der Waals surface area contributed by atoms with Crippen LogP contribution in [0.1, 0.15) is 65.6 Å². The highest BCUT2D eigenvalue weighted by Crippen LogP contribution is 2.38. The number of aromatic hydroxyl groups is 1. The summed E-state index contributed by atoms with van der Waals surface area (Å²) in [5, 5.41) is 16.0. The number of fused-ring (bicyclic) bond motifs is 1. The normalized spacial score (nSPS) is 15.1. The minimum atomic E-state index is -0.934. The van der Waals surface area contributed by atoms with Gasteiger partial charge in [-0.15, -0.1) is 11.3 Å². The maximum atomic E-state index is 12.7. The number of carbonyl (C=O) groups excluding carboxylic acids is 3. The lowest BCUT2D eigenvalue weighted by Gasteiger charge is -2.16. The van der Waals surface area contributed by atoms with Crippen molar-refractivity contribution in [3.8, 4) is 5.88 Å². The molecule has 1 aliphatic rings. The van der Waals surface area contributed by atoms with Gasteiger partial charge in [-0.2, -0.15) is 9.97 Å². The molecule has 0 radical (unpaired) electrons. The molecule has 1 amide bonds. The van der Waals surface area contributed by atoms with E-state index in [1.807, 2.05) is 6.07 Å². The zero-order valence-corrected chi connectivity index (χ0v) is 20.7. The zero-order valence-electron chi connectivity index (χ0n) is 19.8. The fourth-order valence-electron chi connectivity index (χ4n) is 3.93. The number of nitrogens with zero attached hydrogens (tertiary/aromatic N) is 2. The van der Waals surface area contributed by atoms with Crippen LogP contribution in [0.15, 0.2) is 12.1 Å². The number of aromatic nitrogens is 2. The number of aryl methyl sites for hydroxylation is 1. The van der Waals surface area contributed by atoms with Gasteiger partial charge in [0.25, 0.3) is 5.91 Å². The van der Waals surface area contributed by atoms with Gasteiger partial charge >= 0.3 is 11.9 Å². The molecule has 0 aromatic carbocycles. The molecule has 2 atom stereocenters. The summed E-state index contributed by atoms with van der Waals surface area (Å²) in [6, 6.07) is 2.67. The maximum absolute atomic E-state index is 12.7. The van der Waals surface area contributed by atoms with Crippen molar-refractivity contribution in [2.24, 2.45) is 0 Å². The summed E-state index contributed by atoms with van der Waals surface area (Å²) >= 11 is 1.35. The van der Waals surface area contributed by atoms with E-state index in [2.05, 4.69) is 20.6 Å². The van der Waals surface area contributed by atoms with Crippen LogP contribution in [-0.4, -0.2) is 58.7 Å². The molecule has 190 valence electrons. The van der Waals surface area contributed by atoms with E-state index in [9.17, 15) is 19.5 Å². The van der Waals surface area contributed by atoms with Crippen LogP contribution in [0.3, 0.4) is 0 Å². The maximum Gasteiger partial charge on any atom is 0.328 e. The van der Waals surface area contributed by atoms with E-state index in [4.69, 9.17) is 15.2 Å². The van der Waals surface area contributed by atoms with Crippen LogP contribution in [0, 0.1) is 0 Å². The summed E-state index contributed by atoms with van der Waals surface area (Å²) in [6.07, 6.45) is 2.49. The second-order valence-corrected chi connectivity index (χ2v) is 9.19. The molecular formula is C23H31N5O6S. The first-order valence-electron chi connectivity index (χ1n) is 11.6. The number of amides is 1. The van der Waals surface area contributed by atoms with Crippen LogP contribution < -0.4 is 16.4 Å². The Kier molecular flexibility index (Phi) is 9.24. The molecule has 11 nitrogen and oxygen atoms in total. The molecule has 0 aliphatic carbocycles. The van der Waals surface area contributed by atoms with Gasteiger partial charge in [-0.25, -0.2) is 4.79 Å². The van der Waals surface area contributed by atoms with Crippen molar-refractivity contribution in [1.82, 2.24) is 15.3 Å². The lowest BCUT2D eigenvalue weighted by molar-refractivity contribution is -0.146. The molecule has 12 heteroatoms. The van der Waals surface area contributed by atoms with Gasteiger partial charge in [-0.05, 0) is 51.7 Å². The van der Waals surface area contributed by atoms with Crippen LogP contribution in [0.4, 0.5) is 11.8 Å². The van der Waals surface area contributed by atoms with Gasteiger partial charge in [0, 0.05) is 23.8 Å². The Labute approximate surface area is 207 Å². The molecule has 2 aromatic heterocycles. The molecule has 0 saturated heterocycles. The van der Waals surface area contributed by atoms with Crippen molar-refractivity contribution in [3.63, 3.8) is 0 Å². The monoisotopic (exact) mass is 505 g/mol. The van der Waals surface area contributed by atoms with Gasteiger partial charge < -0.3 is 30.9 Å². The molecule has 0 bridgehead atoms. The molecule has 0 saturated carbocycles. The number of thiophene rings is 1. The van der Waals surface area contributed by atoms with Crippen molar-refractivity contribution in [3.05, 3.63) is 27.5 Å². The minimum absolute atomic E-state index is 0.000366. The SMILES string of the molecule is CCOC(=O)CC[C@H](NC(=O)c1ccc(CCCC2CNc3nc(N)nc(O)c32)s1)C(=O)OCC. The summed E-state index contributed by atoms with van der Waals surface area (Å²) in [6.45, 7) is 4.46. The first-order chi connectivity index (χ1) is 16.8. The van der Waals surface area contributed by atoms with Crippen molar-refractivity contribution >= 4 is 40.9 Å². The highest BCUT2D eigenvalue weighted by Gasteiger charge is 2.28. The number of nitrogens with one attached hydrogen (secondary N) is 2. The number of hydrogen-bond acceptors (Lipinski definition) is 11. The third-order valence-electron chi connectivity index (χ3n) is 5.55. The van der Waals surface area contributed by atoms with E-state index < -0.39 is 23.9 Å². The average molecular weight is 506 g/mol. The number of esters is 2. The predicted molar refractivity (Wildman–Crippen MR) is 130 cm³/mol. The summed E-state index contributed by atoms with van der Waals surface area (Å²) in [5.41, 5.74) is 6.28. The van der Waals surface area contributed by atoms with E-state index in [1.54, 1.807) is 19.9 Å². The Balaban J connectivity index is 1.53. The number of nitrogens with two attached hydrogens (primary N) is 1. The van der Waals surface area contributed by atoms with Crippen molar-refractivity contribution in [2.45, 2.75) is 57.9 Å². The largest absolute Gasteiger partial charge is 0.493 e. The van der Waals surface area contributed by atoms with Gasteiger partial charge in [-0.1, -0.05) is 0 Å². The molecule has 0 fully saturated rings. The van der Waals surface area contributed by atoms with Crippen LogP contribution >= 0.6 is 11.3 Å². The average Bonchev–Trinajstić information content (AvgIpc) is 3.44. The highest BCUT2D eigenvalue weighted by atomic mass is 32.1. The van der Waals surface area contributed by atoms with Crippen LogP contribution in [0.2, 0.25) is 0 Å². The molecular weight excluding hydrogens is 474 g/mol. The molecule has 3 heterocycles. The van der Waals surface area contributed by atoms with Crippen molar-refractivity contribution in [1.29, 1.82) is 0 Å². The van der Waals surface area contributed by atoms with Gasteiger partial charge in [0.15, 0.2) is 0 Å². The van der Waals surface area contributed by atoms with Gasteiger partial charge in [0.2, 0.25) is 11.8 Å². The Morgan fingerprint density at radius 2 is 2.03 bits per heavy atom. The lowest BCUT2D eigenvalue weighted by Crippen LogP contribution is -2.42. The molecule has 1 unspecified atom stereocenters. The summed E-state index contributed by atoms with van der Waals surface area (Å²) < 4.78 is 9.94. The number of anilines is 2. The smallest absolute Gasteiger partial charge is 0.328 e. The molecule has 2 aromatic rings. The van der Waals surface area contributed by atoms with E-state index in [1.165, 1.54) is 11.3 Å². The summed E-state index contributed by atoms with van der Waals surface area (Å²) in [4.78, 5) is 46.1. The zero-order chi connectivity index (χ0) is 25.4. The topological polar surface area (TPSA) is 166 Å². The number of rotatable bonds is 12. The number of hydrogen-bond donors (Lipinski definition) is 4. The number of ether oxygens (including phenoxy) is 2. The van der Waals surface area contributed by atoms with E-state index in [0.29, 0.717) is 22.8 Å². The Hall–Kier alpha value is -3.41. The molecule has 3 rings (SSSR count). The van der Waals surface area contributed by atoms with Crippen LogP contribution in [0.25, 0.3) is 0 Å². The molecule has 5 N–H and O–H groups in total. The number of nitrogen functional groups attached to an aromatic ring is 1. The Bertz CT molecular complexity index is 1060. The van der Waals surface area contributed by atoms with E-state index >= 15 is 0 Å². The van der Waals surface area contributed by atoms with Crippen molar-refractivity contribution < 1.29 is 29.0 Å². The summed E-state index contributed by atoms with van der Waals surface area (Å²) in [7, 11) is 0. The Morgan fingerprint density at radius 1 is 1.26 bits per heavy atom.